The van der Waals surface area contributed by atoms with Gasteiger partial charge in [-0.2, -0.15) is 5.26 Å². The summed E-state index contributed by atoms with van der Waals surface area (Å²) in [7, 11) is 0. The highest BCUT2D eigenvalue weighted by Crippen LogP contribution is 2.41. The minimum atomic E-state index is -1.86. The van der Waals surface area contributed by atoms with Gasteiger partial charge in [0.15, 0.2) is 6.10 Å². The molecule has 34 heavy (non-hydrogen) atoms. The van der Waals surface area contributed by atoms with E-state index < -0.39 is 47.9 Å². The molecular weight excluding hydrogens is 468 g/mol. The molecule has 12 heteroatoms. The molecule has 2 heterocycles. The maximum absolute atomic E-state index is 12.8. The minimum absolute atomic E-state index is 0.107. The van der Waals surface area contributed by atoms with Gasteiger partial charge < -0.3 is 40.0 Å². The van der Waals surface area contributed by atoms with Gasteiger partial charge in [-0.1, -0.05) is 0 Å². The highest BCUT2D eigenvalue weighted by atomic mass is 32.2. The van der Waals surface area contributed by atoms with Crippen molar-refractivity contribution < 1.29 is 44.2 Å². The topological polar surface area (TPSA) is 179 Å². The first-order valence-corrected chi connectivity index (χ1v) is 12.2. The normalized spacial score (nSPS) is 42.3. The summed E-state index contributed by atoms with van der Waals surface area (Å²) in [4.78, 5) is 24.1. The number of thioether (sulfide) groups is 1. The molecule has 3 aliphatic rings. The molecule has 2 aliphatic heterocycles. The van der Waals surface area contributed by atoms with Gasteiger partial charge in [0.1, 0.15) is 29.7 Å². The lowest BCUT2D eigenvalue weighted by Gasteiger charge is -2.38. The monoisotopic (exact) mass is 500 g/mol. The van der Waals surface area contributed by atoms with E-state index in [0.717, 1.165) is 12.0 Å². The lowest BCUT2D eigenvalue weighted by Crippen LogP contribution is -2.61. The number of allylic oxidation sites excluding steroid dienone is 1. The lowest BCUT2D eigenvalue weighted by atomic mass is 9.79. The molecule has 0 aromatic carbocycles. The molecule has 0 amide bonds. The smallest absolute Gasteiger partial charge is 0.335 e. The third-order valence-corrected chi connectivity index (χ3v) is 8.06. The predicted octanol–water partition coefficient (Wildman–Crippen LogP) is 0.0902. The number of esters is 1. The SMILES string of the molecule is CC(C)=COC1CCC(C2NC(C)C(C(=O)OC3OC(C(=O)O)C(O)C(O)C3O)S2)CC1C#N. The molecule has 5 N–H and O–H groups in total. The molecule has 2 saturated heterocycles. The maximum atomic E-state index is 12.8. The number of hydrogen-bond acceptors (Lipinski definition) is 11. The summed E-state index contributed by atoms with van der Waals surface area (Å²) in [6.07, 6.45) is -5.43. The average molecular weight is 501 g/mol. The van der Waals surface area contributed by atoms with Crippen LogP contribution in [0, 0.1) is 23.2 Å². The van der Waals surface area contributed by atoms with Gasteiger partial charge in [-0.3, -0.25) is 4.79 Å². The highest BCUT2D eigenvalue weighted by Gasteiger charge is 2.50. The largest absolute Gasteiger partial charge is 0.497 e. The Morgan fingerprint density at radius 3 is 2.50 bits per heavy atom. The Hall–Kier alpha value is -1.88. The van der Waals surface area contributed by atoms with Crippen molar-refractivity contribution in [3.63, 3.8) is 0 Å². The summed E-state index contributed by atoms with van der Waals surface area (Å²) in [6, 6.07) is 2.04. The number of carbonyl (C=O) groups is 2. The van der Waals surface area contributed by atoms with Crippen LogP contribution < -0.4 is 5.32 Å². The van der Waals surface area contributed by atoms with Crippen LogP contribution in [0.4, 0.5) is 0 Å². The van der Waals surface area contributed by atoms with Crippen LogP contribution >= 0.6 is 11.8 Å². The van der Waals surface area contributed by atoms with Crippen LogP contribution in [0.25, 0.3) is 0 Å². The van der Waals surface area contributed by atoms with Gasteiger partial charge in [-0.25, -0.2) is 4.79 Å². The number of rotatable bonds is 6. The van der Waals surface area contributed by atoms with Crippen molar-refractivity contribution >= 4 is 23.7 Å². The van der Waals surface area contributed by atoms with Crippen molar-refractivity contribution in [2.45, 2.75) is 93.5 Å². The zero-order valence-corrected chi connectivity index (χ0v) is 20.1. The van der Waals surface area contributed by atoms with Crippen LogP contribution in [-0.4, -0.2) is 85.8 Å². The fraction of sp³-hybridized carbons (Fsp3) is 0.773. The molecule has 3 fully saturated rings. The van der Waals surface area contributed by atoms with Crippen molar-refractivity contribution in [2.75, 3.05) is 0 Å². The van der Waals surface area contributed by atoms with Crippen molar-refractivity contribution in [3.05, 3.63) is 11.8 Å². The number of aliphatic hydroxyl groups excluding tert-OH is 3. The Bertz CT molecular complexity index is 830. The Morgan fingerprint density at radius 1 is 1.18 bits per heavy atom. The van der Waals surface area contributed by atoms with E-state index in [4.69, 9.17) is 19.3 Å². The molecular formula is C22H32N2O9S. The van der Waals surface area contributed by atoms with Crippen LogP contribution in [0.1, 0.15) is 40.0 Å². The summed E-state index contributed by atoms with van der Waals surface area (Å²) in [6.45, 7) is 5.66. The Labute approximate surface area is 202 Å². The van der Waals surface area contributed by atoms with E-state index in [0.29, 0.717) is 12.8 Å². The maximum Gasteiger partial charge on any atom is 0.335 e. The average Bonchev–Trinajstić information content (AvgIpc) is 3.19. The molecule has 0 radical (unpaired) electrons. The summed E-state index contributed by atoms with van der Waals surface area (Å²) < 4.78 is 16.0. The van der Waals surface area contributed by atoms with Gasteiger partial charge >= 0.3 is 11.9 Å². The highest BCUT2D eigenvalue weighted by molar-refractivity contribution is 8.01. The Morgan fingerprint density at radius 2 is 1.88 bits per heavy atom. The van der Waals surface area contributed by atoms with Gasteiger partial charge in [0.25, 0.3) is 0 Å². The third-order valence-electron chi connectivity index (χ3n) is 6.35. The number of ether oxygens (including phenoxy) is 3. The molecule has 0 spiro atoms. The van der Waals surface area contributed by atoms with Crippen molar-refractivity contribution in [1.29, 1.82) is 5.26 Å². The molecule has 11 atom stereocenters. The van der Waals surface area contributed by atoms with Crippen LogP contribution in [0.3, 0.4) is 0 Å². The number of aliphatic carboxylic acids is 1. The van der Waals surface area contributed by atoms with Crippen LogP contribution in [0.2, 0.25) is 0 Å². The molecule has 11 nitrogen and oxygen atoms in total. The number of carboxylic acid groups (broad SMARTS) is 1. The molecule has 1 saturated carbocycles. The summed E-state index contributed by atoms with van der Waals surface area (Å²) in [5.41, 5.74) is 1.02. The van der Waals surface area contributed by atoms with E-state index in [1.54, 1.807) is 13.2 Å². The third kappa shape index (κ3) is 5.84. The molecule has 190 valence electrons. The second-order valence-corrected chi connectivity index (χ2v) is 10.6. The second kappa shape index (κ2) is 11.2. The standard InChI is InChI=1S/C22H32N2O9S/c1-9(2)8-31-13-5-4-11(6-12(13)7-23)19-24-10(3)18(34-19)21(30)33-22-16(27)14(25)15(26)17(32-22)20(28)29/h8,10-19,22,24-27H,4-6H2,1-3H3,(H,28,29). The van der Waals surface area contributed by atoms with Crippen LogP contribution in [0.15, 0.2) is 11.8 Å². The number of nitriles is 1. The quantitative estimate of drug-likeness (QED) is 0.245. The number of hydrogen-bond donors (Lipinski definition) is 5. The van der Waals surface area contributed by atoms with E-state index in [-0.39, 0.29) is 29.4 Å². The second-order valence-electron chi connectivity index (χ2n) is 9.28. The zero-order valence-electron chi connectivity index (χ0n) is 19.2. The van der Waals surface area contributed by atoms with Gasteiger partial charge in [0, 0.05) is 6.04 Å². The molecule has 0 aromatic heterocycles. The molecule has 3 rings (SSSR count). The number of nitrogens with one attached hydrogen (secondary N) is 1. The van der Waals surface area contributed by atoms with Crippen molar-refractivity contribution in [1.82, 2.24) is 5.32 Å². The first-order valence-electron chi connectivity index (χ1n) is 11.3. The lowest BCUT2D eigenvalue weighted by molar-refractivity contribution is -0.286. The summed E-state index contributed by atoms with van der Waals surface area (Å²) in [5, 5.41) is 51.2. The number of aliphatic hydroxyl groups is 3. The molecule has 1 aliphatic carbocycles. The predicted molar refractivity (Wildman–Crippen MR) is 119 cm³/mol. The number of carbonyl (C=O) groups excluding carboxylic acids is 1. The first kappa shape index (κ1) is 26.7. The van der Waals surface area contributed by atoms with Crippen molar-refractivity contribution in [2.24, 2.45) is 11.8 Å². The minimum Gasteiger partial charge on any atom is -0.497 e. The van der Waals surface area contributed by atoms with Gasteiger partial charge in [-0.05, 0) is 51.5 Å². The van der Waals surface area contributed by atoms with Gasteiger partial charge in [-0.15, -0.1) is 11.8 Å². The molecule has 11 unspecified atom stereocenters. The van der Waals surface area contributed by atoms with E-state index in [9.17, 15) is 30.2 Å². The van der Waals surface area contributed by atoms with E-state index in [1.165, 1.54) is 11.8 Å². The number of carboxylic acids is 1. The van der Waals surface area contributed by atoms with Gasteiger partial charge in [0.2, 0.25) is 6.29 Å². The zero-order chi connectivity index (χ0) is 25.2. The summed E-state index contributed by atoms with van der Waals surface area (Å²) >= 11 is 1.35. The van der Waals surface area contributed by atoms with E-state index >= 15 is 0 Å². The molecule has 0 bridgehead atoms. The fourth-order valence-electron chi connectivity index (χ4n) is 4.47. The number of nitrogens with zero attached hydrogens (tertiary/aromatic N) is 1. The molecule has 0 aromatic rings. The summed E-state index contributed by atoms with van der Waals surface area (Å²) in [5.74, 6) is -2.43. The van der Waals surface area contributed by atoms with Crippen LogP contribution in [-0.2, 0) is 23.8 Å². The Balaban J connectivity index is 1.59. The van der Waals surface area contributed by atoms with E-state index in [2.05, 4.69) is 11.4 Å². The van der Waals surface area contributed by atoms with Gasteiger partial charge in [0.05, 0.1) is 23.6 Å². The van der Waals surface area contributed by atoms with Crippen LogP contribution in [0.5, 0.6) is 0 Å². The Kier molecular flexibility index (Phi) is 8.83. The first-order chi connectivity index (χ1) is 16.0. The van der Waals surface area contributed by atoms with Crippen molar-refractivity contribution in [3.8, 4) is 6.07 Å². The van der Waals surface area contributed by atoms with E-state index in [1.807, 2.05) is 13.8 Å². The fourth-order valence-corrected chi connectivity index (χ4v) is 6.03.